The summed E-state index contributed by atoms with van der Waals surface area (Å²) in [5.41, 5.74) is -0.829. The molecule has 0 saturated carbocycles. The second-order valence-electron chi connectivity index (χ2n) is 16.4. The average Bonchev–Trinajstić information content (AvgIpc) is 3.16. The first kappa shape index (κ1) is 41.8. The number of carbonyl (C=O) groups excluding carboxylic acids is 3. The van der Waals surface area contributed by atoms with Gasteiger partial charge in [0, 0.05) is 48.4 Å². The lowest BCUT2D eigenvalue weighted by molar-refractivity contribution is -0.328. The number of carbonyl (C=O) groups is 3. The molecule has 2 aromatic carbocycles. The molecule has 14 atom stereocenters. The van der Waals surface area contributed by atoms with Crippen LogP contribution in [0.2, 0.25) is 0 Å². The number of hydrogen-bond acceptors (Lipinski definition) is 15. The van der Waals surface area contributed by atoms with E-state index in [9.17, 15) is 34.8 Å². The third kappa shape index (κ3) is 7.79. The Morgan fingerprint density at radius 3 is 2.11 bits per heavy atom. The fourth-order valence-electron chi connectivity index (χ4n) is 9.25. The van der Waals surface area contributed by atoms with Crippen molar-refractivity contribution in [1.82, 2.24) is 4.90 Å². The van der Waals surface area contributed by atoms with E-state index in [1.54, 1.807) is 13.8 Å². The summed E-state index contributed by atoms with van der Waals surface area (Å²) < 4.78 is 43.0. The predicted molar refractivity (Wildman–Crippen MR) is 201 cm³/mol. The summed E-state index contributed by atoms with van der Waals surface area (Å²) >= 11 is 0. The van der Waals surface area contributed by atoms with Gasteiger partial charge < -0.3 is 58.5 Å². The molecule has 0 bridgehead atoms. The van der Waals surface area contributed by atoms with Crippen molar-refractivity contribution in [3.8, 4) is 5.75 Å². The molecule has 0 aromatic heterocycles. The number of likely N-dealkylation sites (N-methyl/N-ethyl adjacent to an activating group) is 1. The van der Waals surface area contributed by atoms with Gasteiger partial charge in [-0.3, -0.25) is 14.4 Å². The summed E-state index contributed by atoms with van der Waals surface area (Å²) in [4.78, 5) is 43.0. The van der Waals surface area contributed by atoms with Crippen molar-refractivity contribution in [1.29, 1.82) is 0 Å². The second-order valence-corrected chi connectivity index (χ2v) is 16.4. The molecular formula is C42H55NO14. The molecule has 5 aliphatic rings. The molecule has 0 radical (unpaired) electrons. The van der Waals surface area contributed by atoms with E-state index >= 15 is 0 Å². The number of nitrogens with zero attached hydrogens (tertiary/aromatic N) is 1. The Balaban J connectivity index is 1.11. The van der Waals surface area contributed by atoms with Crippen molar-refractivity contribution in [3.05, 3.63) is 63.7 Å². The van der Waals surface area contributed by atoms with Crippen molar-refractivity contribution < 1.29 is 68.0 Å². The highest BCUT2D eigenvalue weighted by Crippen LogP contribution is 2.50. The molecular weight excluding hydrogens is 742 g/mol. The van der Waals surface area contributed by atoms with E-state index in [-0.39, 0.29) is 59.4 Å². The largest absolute Gasteiger partial charge is 0.507 e. The van der Waals surface area contributed by atoms with Gasteiger partial charge in [-0.05, 0) is 77.0 Å². The number of benzene rings is 2. The summed E-state index contributed by atoms with van der Waals surface area (Å²) in [6, 6.07) is 7.06. The second kappa shape index (κ2) is 16.4. The van der Waals surface area contributed by atoms with Crippen LogP contribution >= 0.6 is 0 Å². The van der Waals surface area contributed by atoms with Crippen LogP contribution in [0.4, 0.5) is 0 Å². The third-order valence-electron chi connectivity index (χ3n) is 12.5. The first-order valence-corrected chi connectivity index (χ1v) is 19.9. The summed E-state index contributed by atoms with van der Waals surface area (Å²) in [5, 5.41) is 43.9. The number of rotatable bonds is 9. The van der Waals surface area contributed by atoms with Crippen LogP contribution in [0, 0.1) is 0 Å². The minimum Gasteiger partial charge on any atom is -0.507 e. The number of methoxy groups -OCH3 is 1. The van der Waals surface area contributed by atoms with E-state index in [0.29, 0.717) is 30.4 Å². The Hall–Kier alpha value is -3.35. The van der Waals surface area contributed by atoms with Gasteiger partial charge in [0.05, 0.1) is 54.9 Å². The van der Waals surface area contributed by atoms with Crippen LogP contribution in [0.3, 0.4) is 0 Å². The third-order valence-corrected chi connectivity index (χ3v) is 12.5. The molecule has 15 heteroatoms. The van der Waals surface area contributed by atoms with Gasteiger partial charge >= 0.3 is 5.97 Å². The zero-order valence-electron chi connectivity index (χ0n) is 33.5. The van der Waals surface area contributed by atoms with E-state index in [1.807, 2.05) is 32.8 Å². The van der Waals surface area contributed by atoms with Gasteiger partial charge in [-0.2, -0.15) is 0 Å². The molecule has 312 valence electrons. The molecule has 15 nitrogen and oxygen atoms in total. The van der Waals surface area contributed by atoms with Crippen molar-refractivity contribution >= 4 is 17.5 Å². The first-order valence-electron chi connectivity index (χ1n) is 19.9. The molecule has 0 spiro atoms. The predicted octanol–water partition coefficient (Wildman–Crippen LogP) is 3.24. The SMILES string of the molecule is CC[C@]1(O)C[C@@H](O[C@H]2C[C@H](N(C)C)[C@H](O[C@H]3C[C@H](O)[C@H](O[C@H]4CC[C@H](O)[C@H](C)O4)[C@H](C)O3)[C@H](C)O2)c2cc3c(cc2[C@H]1C(=O)OC)C(=O)c1cccc(O)c1C3=O. The standard InChI is InChI=1S/C42H55NO14/c1-8-42(50)18-31(23-14-26-25(15-24(23)36(42)41(49)51-7)37(47)22-10-9-11-29(45)35(22)38(26)48)55-33-16-27(43(5)6)39(20(3)53-33)57-34-17-30(46)40(21(4)54-34)56-32-13-12-28(44)19(2)52-32/h9-11,14-15,19-21,27-28,30-34,36,39-40,44-46,50H,8,12-13,16-18H2,1-7H3/t19-,20-,21-,27-,28-,30-,31+,32-,33-,34-,36-,39+,40+,42-/m0/s1. The molecule has 57 heavy (non-hydrogen) atoms. The van der Waals surface area contributed by atoms with E-state index in [0.717, 1.165) is 0 Å². The quantitative estimate of drug-likeness (QED) is 0.230. The van der Waals surface area contributed by atoms with E-state index in [4.69, 9.17) is 33.2 Å². The van der Waals surface area contributed by atoms with Crippen LogP contribution < -0.4 is 0 Å². The van der Waals surface area contributed by atoms with Crippen molar-refractivity contribution in [3.63, 3.8) is 0 Å². The lowest BCUT2D eigenvalue weighted by atomic mass is 9.67. The fraction of sp³-hybridized carbons (Fsp3) is 0.643. The average molecular weight is 798 g/mol. The maximum Gasteiger partial charge on any atom is 0.316 e. The number of fused-ring (bicyclic) bond motifs is 3. The summed E-state index contributed by atoms with van der Waals surface area (Å²) in [6.07, 6.45) is -5.50. The fourth-order valence-corrected chi connectivity index (χ4v) is 9.25. The number of phenols is 1. The Morgan fingerprint density at radius 1 is 0.825 bits per heavy atom. The topological polar surface area (TPSA) is 200 Å². The zero-order chi connectivity index (χ0) is 41.1. The first-order chi connectivity index (χ1) is 27.0. The van der Waals surface area contributed by atoms with Gasteiger partial charge in [-0.25, -0.2) is 0 Å². The van der Waals surface area contributed by atoms with Crippen LogP contribution in [-0.2, 0) is 38.0 Å². The lowest BCUT2D eigenvalue weighted by Crippen LogP contribution is -2.58. The molecule has 3 fully saturated rings. The zero-order valence-corrected chi connectivity index (χ0v) is 33.5. The van der Waals surface area contributed by atoms with Crippen LogP contribution in [0.15, 0.2) is 30.3 Å². The molecule has 0 unspecified atom stereocenters. The van der Waals surface area contributed by atoms with Crippen molar-refractivity contribution in [2.75, 3.05) is 21.2 Å². The minimum absolute atomic E-state index is 0.0415. The lowest BCUT2D eigenvalue weighted by Gasteiger charge is -2.48. The van der Waals surface area contributed by atoms with Gasteiger partial charge in [0.15, 0.2) is 30.4 Å². The monoisotopic (exact) mass is 797 g/mol. The number of ketones is 2. The van der Waals surface area contributed by atoms with Crippen LogP contribution in [0.25, 0.3) is 0 Å². The summed E-state index contributed by atoms with van der Waals surface area (Å²) in [5.74, 6) is -3.22. The number of aliphatic hydroxyl groups excluding tert-OH is 2. The van der Waals surface area contributed by atoms with Gasteiger partial charge in [-0.1, -0.05) is 19.1 Å². The molecule has 3 saturated heterocycles. The number of aromatic hydroxyl groups is 1. The highest BCUT2D eigenvalue weighted by molar-refractivity contribution is 6.29. The molecule has 7 rings (SSSR count). The number of phenolic OH excluding ortho intramolecular Hbond substituents is 1. The van der Waals surface area contributed by atoms with Gasteiger partial charge in [0.1, 0.15) is 23.9 Å². The van der Waals surface area contributed by atoms with Crippen LogP contribution in [-0.4, -0.2) is 137 Å². The van der Waals surface area contributed by atoms with Gasteiger partial charge in [0.25, 0.3) is 0 Å². The van der Waals surface area contributed by atoms with Crippen LogP contribution in [0.5, 0.6) is 5.75 Å². The van der Waals surface area contributed by atoms with Crippen molar-refractivity contribution in [2.24, 2.45) is 0 Å². The molecule has 4 N–H and O–H groups in total. The summed E-state index contributed by atoms with van der Waals surface area (Å²) in [7, 11) is 5.06. The van der Waals surface area contributed by atoms with E-state index in [1.165, 1.54) is 37.4 Å². The smallest absolute Gasteiger partial charge is 0.316 e. The van der Waals surface area contributed by atoms with Crippen molar-refractivity contribution in [2.45, 2.75) is 151 Å². The van der Waals surface area contributed by atoms with Gasteiger partial charge in [0.2, 0.25) is 0 Å². The number of aliphatic hydroxyl groups is 3. The van der Waals surface area contributed by atoms with E-state index < -0.39 is 90.7 Å². The molecule has 2 aliphatic carbocycles. The highest BCUT2D eigenvalue weighted by Gasteiger charge is 2.52. The maximum absolute atomic E-state index is 13.9. The Kier molecular flexibility index (Phi) is 12.0. The Bertz CT molecular complexity index is 1840. The molecule has 0 amide bonds. The number of hydrogen-bond donors (Lipinski definition) is 4. The molecule has 2 aromatic rings. The molecule has 3 heterocycles. The Labute approximate surface area is 332 Å². The molecule has 3 aliphatic heterocycles. The number of ether oxygens (including phenoxy) is 7. The minimum atomic E-state index is -1.64. The maximum atomic E-state index is 13.9. The number of esters is 1. The van der Waals surface area contributed by atoms with E-state index in [2.05, 4.69) is 0 Å². The normalized spacial score (nSPS) is 38.0. The highest BCUT2D eigenvalue weighted by atomic mass is 16.7. The Morgan fingerprint density at radius 2 is 1.46 bits per heavy atom. The van der Waals surface area contributed by atoms with Gasteiger partial charge in [-0.15, -0.1) is 0 Å². The summed E-state index contributed by atoms with van der Waals surface area (Å²) in [6.45, 7) is 7.21. The van der Waals surface area contributed by atoms with Crippen LogP contribution in [0.1, 0.15) is 121 Å².